The Kier molecular flexibility index (Phi) is 5.11. The molecule has 5 nitrogen and oxygen atoms in total. The van der Waals surface area contributed by atoms with Crippen molar-refractivity contribution in [1.82, 2.24) is 10.6 Å². The predicted octanol–water partition coefficient (Wildman–Crippen LogP) is 2.87. The molecule has 2 N–H and O–H groups in total. The number of fused-ring (bicyclic) bond motifs is 2. The van der Waals surface area contributed by atoms with E-state index in [1.807, 2.05) is 6.92 Å². The Bertz CT molecular complexity index is 581. The number of carbonyl (C=O) groups excluding carboxylic acids is 1. The number of amides is 1. The van der Waals surface area contributed by atoms with Crippen LogP contribution in [0.5, 0.6) is 11.5 Å². The third-order valence-corrected chi connectivity index (χ3v) is 5.18. The molecule has 2 fully saturated rings. The van der Waals surface area contributed by atoms with Crippen LogP contribution < -0.4 is 20.1 Å². The second-order valence-electron chi connectivity index (χ2n) is 6.20. The minimum absolute atomic E-state index is 0.0571. The molecule has 2 aliphatic heterocycles. The average molecular weight is 383 g/mol. The molecule has 2 saturated heterocycles. The van der Waals surface area contributed by atoms with Gasteiger partial charge in [-0.05, 0) is 60.7 Å². The predicted molar refractivity (Wildman–Crippen MR) is 92.3 cm³/mol. The summed E-state index contributed by atoms with van der Waals surface area (Å²) in [5, 5.41) is 6.76. The van der Waals surface area contributed by atoms with Crippen LogP contribution in [0, 0.1) is 0 Å². The summed E-state index contributed by atoms with van der Waals surface area (Å²) < 4.78 is 11.7. The number of benzene rings is 1. The molecule has 2 atom stereocenters. The zero-order valence-corrected chi connectivity index (χ0v) is 15.1. The zero-order valence-electron chi connectivity index (χ0n) is 13.5. The van der Waals surface area contributed by atoms with E-state index in [0.29, 0.717) is 35.8 Å². The molecule has 0 radical (unpaired) electrons. The summed E-state index contributed by atoms with van der Waals surface area (Å²) in [6.45, 7) is 2.45. The first-order valence-electron chi connectivity index (χ1n) is 8.18. The van der Waals surface area contributed by atoms with Gasteiger partial charge in [-0.2, -0.15) is 0 Å². The molecule has 1 amide bonds. The first-order chi connectivity index (χ1) is 11.1. The van der Waals surface area contributed by atoms with E-state index in [2.05, 4.69) is 26.6 Å². The highest BCUT2D eigenvalue weighted by atomic mass is 79.9. The summed E-state index contributed by atoms with van der Waals surface area (Å²) in [4.78, 5) is 12.6. The molecule has 1 aromatic rings. The lowest BCUT2D eigenvalue weighted by Gasteiger charge is -2.29. The van der Waals surface area contributed by atoms with Gasteiger partial charge in [0.15, 0.2) is 11.5 Å². The number of halogens is 1. The van der Waals surface area contributed by atoms with Crippen LogP contribution in [0.2, 0.25) is 0 Å². The van der Waals surface area contributed by atoms with Crippen molar-refractivity contribution in [1.29, 1.82) is 0 Å². The molecule has 3 rings (SSSR count). The third kappa shape index (κ3) is 3.63. The SMILES string of the molecule is CCOc1c(Br)cc(C(=O)NC2CC3CCC(C2)N3)cc1OC. The van der Waals surface area contributed by atoms with E-state index in [1.54, 1.807) is 19.2 Å². The van der Waals surface area contributed by atoms with Crippen LogP contribution in [0.1, 0.15) is 43.0 Å². The van der Waals surface area contributed by atoms with Crippen molar-refractivity contribution < 1.29 is 14.3 Å². The van der Waals surface area contributed by atoms with Crippen LogP contribution in [-0.4, -0.2) is 37.7 Å². The first kappa shape index (κ1) is 16.6. The van der Waals surface area contributed by atoms with Gasteiger partial charge < -0.3 is 20.1 Å². The maximum absolute atomic E-state index is 12.6. The fourth-order valence-electron chi connectivity index (χ4n) is 3.58. The second kappa shape index (κ2) is 7.09. The van der Waals surface area contributed by atoms with Crippen molar-refractivity contribution in [3.8, 4) is 11.5 Å². The normalized spacial score (nSPS) is 26.0. The summed E-state index contributed by atoms with van der Waals surface area (Å²) in [7, 11) is 1.58. The maximum Gasteiger partial charge on any atom is 0.251 e. The van der Waals surface area contributed by atoms with Crippen molar-refractivity contribution >= 4 is 21.8 Å². The number of nitrogens with one attached hydrogen (secondary N) is 2. The van der Waals surface area contributed by atoms with Crippen molar-refractivity contribution in [3.05, 3.63) is 22.2 Å². The number of ether oxygens (including phenoxy) is 2. The van der Waals surface area contributed by atoms with Crippen LogP contribution in [0.15, 0.2) is 16.6 Å². The van der Waals surface area contributed by atoms with Gasteiger partial charge in [-0.3, -0.25) is 4.79 Å². The van der Waals surface area contributed by atoms with Crippen LogP contribution in [-0.2, 0) is 0 Å². The summed E-state index contributed by atoms with van der Waals surface area (Å²) in [5.41, 5.74) is 0.586. The van der Waals surface area contributed by atoms with Gasteiger partial charge in [0.2, 0.25) is 0 Å². The monoisotopic (exact) mass is 382 g/mol. The maximum atomic E-state index is 12.6. The van der Waals surface area contributed by atoms with Gasteiger partial charge in [0.1, 0.15) is 0 Å². The molecule has 126 valence electrons. The second-order valence-corrected chi connectivity index (χ2v) is 7.06. The number of hydrogen-bond donors (Lipinski definition) is 2. The zero-order chi connectivity index (χ0) is 16.4. The largest absolute Gasteiger partial charge is 0.493 e. The van der Waals surface area contributed by atoms with Crippen LogP contribution in [0.25, 0.3) is 0 Å². The highest BCUT2D eigenvalue weighted by molar-refractivity contribution is 9.10. The van der Waals surface area contributed by atoms with E-state index in [9.17, 15) is 4.79 Å². The molecule has 2 unspecified atom stereocenters. The van der Waals surface area contributed by atoms with E-state index in [-0.39, 0.29) is 11.9 Å². The molecule has 1 aromatic carbocycles. The highest BCUT2D eigenvalue weighted by Gasteiger charge is 2.34. The van der Waals surface area contributed by atoms with Gasteiger partial charge >= 0.3 is 0 Å². The molecule has 6 heteroatoms. The van der Waals surface area contributed by atoms with E-state index in [0.717, 1.165) is 17.3 Å². The van der Waals surface area contributed by atoms with E-state index in [1.165, 1.54) is 12.8 Å². The molecule has 2 bridgehead atoms. The number of rotatable bonds is 5. The minimum Gasteiger partial charge on any atom is -0.493 e. The minimum atomic E-state index is -0.0571. The Morgan fingerprint density at radius 2 is 2.04 bits per heavy atom. The van der Waals surface area contributed by atoms with Crippen LogP contribution in [0.3, 0.4) is 0 Å². The molecule has 0 saturated carbocycles. The smallest absolute Gasteiger partial charge is 0.251 e. The Morgan fingerprint density at radius 3 is 2.65 bits per heavy atom. The molecule has 23 heavy (non-hydrogen) atoms. The van der Waals surface area contributed by atoms with Gasteiger partial charge in [0.25, 0.3) is 5.91 Å². The number of carbonyl (C=O) groups is 1. The van der Waals surface area contributed by atoms with E-state index in [4.69, 9.17) is 9.47 Å². The Hall–Kier alpha value is -1.27. The van der Waals surface area contributed by atoms with Crippen molar-refractivity contribution in [2.24, 2.45) is 0 Å². The van der Waals surface area contributed by atoms with E-state index < -0.39 is 0 Å². The average Bonchev–Trinajstić information content (AvgIpc) is 2.87. The molecule has 0 aliphatic carbocycles. The number of methoxy groups -OCH3 is 1. The summed E-state index contributed by atoms with van der Waals surface area (Å²) in [5.74, 6) is 1.14. The quantitative estimate of drug-likeness (QED) is 0.821. The Labute approximate surface area is 145 Å². The van der Waals surface area contributed by atoms with Gasteiger partial charge in [0.05, 0.1) is 18.2 Å². The van der Waals surface area contributed by atoms with Gasteiger partial charge in [0, 0.05) is 23.7 Å². The lowest BCUT2D eigenvalue weighted by molar-refractivity contribution is 0.0923. The molecular weight excluding hydrogens is 360 g/mol. The fourth-order valence-corrected chi connectivity index (χ4v) is 4.14. The van der Waals surface area contributed by atoms with Crippen LogP contribution in [0.4, 0.5) is 0 Å². The van der Waals surface area contributed by atoms with Crippen molar-refractivity contribution in [2.45, 2.75) is 50.7 Å². The standard InChI is InChI=1S/C17H23BrN2O3/c1-3-23-16-14(18)6-10(7-15(16)22-2)17(21)20-13-8-11-4-5-12(9-13)19-11/h6-7,11-13,19H,3-5,8-9H2,1-2H3,(H,20,21). The molecule has 2 aliphatic rings. The third-order valence-electron chi connectivity index (χ3n) is 4.59. The number of piperidine rings is 1. The molecule has 0 aromatic heterocycles. The van der Waals surface area contributed by atoms with Gasteiger partial charge in [-0.1, -0.05) is 0 Å². The first-order valence-corrected chi connectivity index (χ1v) is 8.97. The summed E-state index contributed by atoms with van der Waals surface area (Å²) in [6.07, 6.45) is 4.47. The number of hydrogen-bond acceptors (Lipinski definition) is 4. The van der Waals surface area contributed by atoms with Gasteiger partial charge in [-0.25, -0.2) is 0 Å². The highest BCUT2D eigenvalue weighted by Crippen LogP contribution is 2.36. The van der Waals surface area contributed by atoms with E-state index >= 15 is 0 Å². The fraction of sp³-hybridized carbons (Fsp3) is 0.588. The molecular formula is C17H23BrN2O3. The Balaban J connectivity index is 1.73. The van der Waals surface area contributed by atoms with Crippen molar-refractivity contribution in [3.63, 3.8) is 0 Å². The molecule has 0 spiro atoms. The summed E-state index contributed by atoms with van der Waals surface area (Å²) in [6, 6.07) is 4.89. The summed E-state index contributed by atoms with van der Waals surface area (Å²) >= 11 is 3.47. The van der Waals surface area contributed by atoms with Crippen LogP contribution >= 0.6 is 15.9 Å². The lowest BCUT2D eigenvalue weighted by atomic mass is 9.99. The topological polar surface area (TPSA) is 59.6 Å². The van der Waals surface area contributed by atoms with Gasteiger partial charge in [-0.15, -0.1) is 0 Å². The molecule has 2 heterocycles. The van der Waals surface area contributed by atoms with Crippen molar-refractivity contribution in [2.75, 3.05) is 13.7 Å². The Morgan fingerprint density at radius 1 is 1.35 bits per heavy atom. The lowest BCUT2D eigenvalue weighted by Crippen LogP contribution is -2.48.